The average Bonchev–Trinajstić information content (AvgIpc) is 2.85. The van der Waals surface area contributed by atoms with Crippen LogP contribution in [0, 0.1) is 6.92 Å². The summed E-state index contributed by atoms with van der Waals surface area (Å²) in [5.74, 6) is 0.899. The molecule has 2 rings (SSSR count). The molecule has 2 heterocycles. The lowest BCUT2D eigenvalue weighted by Gasteiger charge is -2.19. The van der Waals surface area contributed by atoms with Gasteiger partial charge in [-0.15, -0.1) is 10.2 Å². The average molecular weight is 265 g/mol. The predicted molar refractivity (Wildman–Crippen MR) is 73.8 cm³/mol. The molecule has 0 radical (unpaired) electrons. The standard InChI is InChI=1S/C13H19N3OS/c1-9-7-10(8-17-9)12-16-15-11(18-12)5-6-14-13(2,3)4/h7-8,14H,5-6H2,1-4H3. The van der Waals surface area contributed by atoms with Crippen LogP contribution in [0.5, 0.6) is 0 Å². The Bertz CT molecular complexity index is 510. The number of aromatic nitrogens is 2. The van der Waals surface area contributed by atoms with Gasteiger partial charge in [-0.2, -0.15) is 0 Å². The molecule has 0 atom stereocenters. The lowest BCUT2D eigenvalue weighted by Crippen LogP contribution is -2.37. The number of hydrogen-bond acceptors (Lipinski definition) is 5. The summed E-state index contributed by atoms with van der Waals surface area (Å²) >= 11 is 1.63. The molecule has 98 valence electrons. The van der Waals surface area contributed by atoms with Crippen LogP contribution in [-0.4, -0.2) is 22.3 Å². The summed E-state index contributed by atoms with van der Waals surface area (Å²) in [6.07, 6.45) is 2.64. The highest BCUT2D eigenvalue weighted by Crippen LogP contribution is 2.25. The van der Waals surface area contributed by atoms with E-state index in [1.54, 1.807) is 17.6 Å². The Morgan fingerprint density at radius 3 is 2.72 bits per heavy atom. The van der Waals surface area contributed by atoms with Crippen molar-refractivity contribution in [3.63, 3.8) is 0 Å². The van der Waals surface area contributed by atoms with Gasteiger partial charge in [0.1, 0.15) is 17.0 Å². The van der Waals surface area contributed by atoms with Gasteiger partial charge in [0.15, 0.2) is 5.01 Å². The van der Waals surface area contributed by atoms with E-state index in [1.807, 2.05) is 13.0 Å². The Morgan fingerprint density at radius 1 is 1.33 bits per heavy atom. The molecule has 2 aromatic heterocycles. The summed E-state index contributed by atoms with van der Waals surface area (Å²) in [7, 11) is 0. The SMILES string of the molecule is Cc1cc(-c2nnc(CCNC(C)(C)C)s2)co1. The Hall–Kier alpha value is -1.20. The molecule has 4 nitrogen and oxygen atoms in total. The van der Waals surface area contributed by atoms with E-state index in [1.165, 1.54) is 0 Å². The van der Waals surface area contributed by atoms with Crippen LogP contribution in [0.1, 0.15) is 31.5 Å². The fourth-order valence-corrected chi connectivity index (χ4v) is 2.39. The van der Waals surface area contributed by atoms with Gasteiger partial charge in [-0.3, -0.25) is 0 Å². The molecule has 18 heavy (non-hydrogen) atoms. The number of furan rings is 1. The first-order chi connectivity index (χ1) is 8.44. The summed E-state index contributed by atoms with van der Waals surface area (Å²) < 4.78 is 5.28. The summed E-state index contributed by atoms with van der Waals surface area (Å²) in [5.41, 5.74) is 1.16. The summed E-state index contributed by atoms with van der Waals surface area (Å²) in [6, 6.07) is 1.98. The molecule has 0 aliphatic heterocycles. The quantitative estimate of drug-likeness (QED) is 0.923. The molecule has 0 saturated heterocycles. The van der Waals surface area contributed by atoms with Gasteiger partial charge >= 0.3 is 0 Å². The molecular formula is C13H19N3OS. The van der Waals surface area contributed by atoms with E-state index in [0.717, 1.165) is 34.3 Å². The second-order valence-corrected chi connectivity index (χ2v) is 6.44. The minimum absolute atomic E-state index is 0.148. The van der Waals surface area contributed by atoms with Crippen LogP contribution >= 0.6 is 11.3 Å². The lowest BCUT2D eigenvalue weighted by molar-refractivity contribution is 0.429. The van der Waals surface area contributed by atoms with Gasteiger partial charge < -0.3 is 9.73 Å². The zero-order valence-electron chi connectivity index (χ0n) is 11.3. The number of nitrogens with one attached hydrogen (secondary N) is 1. The first-order valence-electron chi connectivity index (χ1n) is 6.07. The highest BCUT2D eigenvalue weighted by atomic mass is 32.1. The Labute approximate surface area is 111 Å². The van der Waals surface area contributed by atoms with Gasteiger partial charge in [-0.1, -0.05) is 11.3 Å². The van der Waals surface area contributed by atoms with E-state index in [9.17, 15) is 0 Å². The number of nitrogens with zero attached hydrogens (tertiary/aromatic N) is 2. The molecule has 0 spiro atoms. The maximum absolute atomic E-state index is 5.28. The Balaban J connectivity index is 1.94. The van der Waals surface area contributed by atoms with Crippen LogP contribution < -0.4 is 5.32 Å². The maximum atomic E-state index is 5.28. The molecule has 5 heteroatoms. The van der Waals surface area contributed by atoms with E-state index in [2.05, 4.69) is 36.3 Å². The van der Waals surface area contributed by atoms with Crippen molar-refractivity contribution in [3.8, 4) is 10.6 Å². The topological polar surface area (TPSA) is 51.0 Å². The zero-order chi connectivity index (χ0) is 13.2. The molecule has 0 unspecified atom stereocenters. The van der Waals surface area contributed by atoms with Crippen molar-refractivity contribution in [2.75, 3.05) is 6.54 Å². The summed E-state index contributed by atoms with van der Waals surface area (Å²) in [6.45, 7) is 9.33. The van der Waals surface area contributed by atoms with E-state index < -0.39 is 0 Å². The molecule has 0 saturated carbocycles. The molecule has 2 aromatic rings. The van der Waals surface area contributed by atoms with Gasteiger partial charge in [0.2, 0.25) is 0 Å². The monoisotopic (exact) mass is 265 g/mol. The van der Waals surface area contributed by atoms with Gasteiger partial charge in [0.05, 0.1) is 5.56 Å². The third-order valence-electron chi connectivity index (χ3n) is 2.44. The predicted octanol–water partition coefficient (Wildman–Crippen LogP) is 3.04. The maximum Gasteiger partial charge on any atom is 0.151 e. The number of rotatable bonds is 4. The number of aryl methyl sites for hydroxylation is 1. The van der Waals surface area contributed by atoms with Crippen molar-refractivity contribution >= 4 is 11.3 Å². The van der Waals surface area contributed by atoms with Gasteiger partial charge in [-0.05, 0) is 33.8 Å². The third-order valence-corrected chi connectivity index (χ3v) is 3.47. The molecule has 0 fully saturated rings. The van der Waals surface area contributed by atoms with Crippen LogP contribution in [0.25, 0.3) is 10.6 Å². The van der Waals surface area contributed by atoms with Gasteiger partial charge in [0, 0.05) is 18.5 Å². The second-order valence-electron chi connectivity index (χ2n) is 5.37. The molecule has 0 amide bonds. The summed E-state index contributed by atoms with van der Waals surface area (Å²) in [5, 5.41) is 13.8. The van der Waals surface area contributed by atoms with Crippen molar-refractivity contribution in [2.45, 2.75) is 39.7 Å². The summed E-state index contributed by atoms with van der Waals surface area (Å²) in [4.78, 5) is 0. The molecule has 0 aliphatic rings. The van der Waals surface area contributed by atoms with Gasteiger partial charge in [-0.25, -0.2) is 0 Å². The largest absolute Gasteiger partial charge is 0.469 e. The minimum Gasteiger partial charge on any atom is -0.469 e. The van der Waals surface area contributed by atoms with Crippen LogP contribution in [0.4, 0.5) is 0 Å². The Kier molecular flexibility index (Phi) is 3.82. The van der Waals surface area contributed by atoms with Crippen LogP contribution in [0.3, 0.4) is 0 Å². The Morgan fingerprint density at radius 2 is 2.11 bits per heavy atom. The smallest absolute Gasteiger partial charge is 0.151 e. The van der Waals surface area contributed by atoms with E-state index >= 15 is 0 Å². The molecule has 0 bridgehead atoms. The van der Waals surface area contributed by atoms with Crippen LogP contribution in [0.2, 0.25) is 0 Å². The molecule has 0 aliphatic carbocycles. The molecular weight excluding hydrogens is 246 g/mol. The normalized spacial score (nSPS) is 12.0. The lowest BCUT2D eigenvalue weighted by atomic mass is 10.1. The molecule has 0 aromatic carbocycles. The zero-order valence-corrected chi connectivity index (χ0v) is 12.1. The first kappa shape index (κ1) is 13.2. The molecule has 1 N–H and O–H groups in total. The van der Waals surface area contributed by atoms with Crippen molar-refractivity contribution in [1.82, 2.24) is 15.5 Å². The fraction of sp³-hybridized carbons (Fsp3) is 0.538. The van der Waals surface area contributed by atoms with Crippen LogP contribution in [-0.2, 0) is 6.42 Å². The second kappa shape index (κ2) is 5.20. The number of hydrogen-bond donors (Lipinski definition) is 1. The highest BCUT2D eigenvalue weighted by molar-refractivity contribution is 7.14. The van der Waals surface area contributed by atoms with Gasteiger partial charge in [0.25, 0.3) is 0 Å². The third kappa shape index (κ3) is 3.65. The van der Waals surface area contributed by atoms with E-state index in [4.69, 9.17) is 4.42 Å². The van der Waals surface area contributed by atoms with Crippen molar-refractivity contribution in [2.24, 2.45) is 0 Å². The van der Waals surface area contributed by atoms with E-state index in [-0.39, 0.29) is 5.54 Å². The van der Waals surface area contributed by atoms with Crippen molar-refractivity contribution < 1.29 is 4.42 Å². The highest BCUT2D eigenvalue weighted by Gasteiger charge is 2.11. The van der Waals surface area contributed by atoms with E-state index in [0.29, 0.717) is 0 Å². The minimum atomic E-state index is 0.148. The first-order valence-corrected chi connectivity index (χ1v) is 6.88. The van der Waals surface area contributed by atoms with Crippen molar-refractivity contribution in [1.29, 1.82) is 0 Å². The fourth-order valence-electron chi connectivity index (χ4n) is 1.57. The van der Waals surface area contributed by atoms with Crippen molar-refractivity contribution in [3.05, 3.63) is 23.1 Å². The van der Waals surface area contributed by atoms with Crippen LogP contribution in [0.15, 0.2) is 16.7 Å².